The maximum Gasteiger partial charge on any atom is 0.170 e. The topological polar surface area (TPSA) is 55.6 Å². The average molecular weight is 369 g/mol. The number of anilines is 1. The van der Waals surface area contributed by atoms with Gasteiger partial charge in [0.05, 0.1) is 5.69 Å². The van der Waals surface area contributed by atoms with E-state index in [1.165, 1.54) is 37.8 Å². The summed E-state index contributed by atoms with van der Waals surface area (Å²) in [6.07, 6.45) is 5.04. The molecule has 140 valence electrons. The second-order valence-corrected chi connectivity index (χ2v) is 7.73. The molecule has 3 aromatic rings. The number of fused-ring (bicyclic) bond motifs is 1. The average Bonchev–Trinajstić information content (AvgIpc) is 3.51. The lowest BCUT2D eigenvalue weighted by Crippen LogP contribution is -2.25. The molecule has 5 nitrogen and oxygen atoms in total. The maximum absolute atomic E-state index is 14.4. The van der Waals surface area contributed by atoms with E-state index < -0.39 is 11.6 Å². The highest BCUT2D eigenvalue weighted by atomic mass is 19.1. The van der Waals surface area contributed by atoms with Crippen molar-refractivity contribution in [3.05, 3.63) is 41.5 Å². The van der Waals surface area contributed by atoms with Gasteiger partial charge in [0.25, 0.3) is 0 Å². The summed E-state index contributed by atoms with van der Waals surface area (Å²) in [5.41, 5.74) is 1.41. The van der Waals surface area contributed by atoms with Crippen LogP contribution in [0.5, 0.6) is 0 Å². The van der Waals surface area contributed by atoms with Crippen molar-refractivity contribution in [1.29, 1.82) is 0 Å². The zero-order valence-corrected chi connectivity index (χ0v) is 15.3. The summed E-state index contributed by atoms with van der Waals surface area (Å²) in [4.78, 5) is 13.7. The van der Waals surface area contributed by atoms with Gasteiger partial charge in [-0.3, -0.25) is 4.57 Å². The Morgan fingerprint density at radius 3 is 2.37 bits per heavy atom. The number of aromatic nitrogens is 4. The highest BCUT2D eigenvalue weighted by molar-refractivity contribution is 5.85. The van der Waals surface area contributed by atoms with Crippen LogP contribution in [0.15, 0.2) is 18.2 Å². The third-order valence-corrected chi connectivity index (χ3v) is 5.50. The number of imidazole rings is 1. The molecule has 0 atom stereocenters. The third-order valence-electron chi connectivity index (χ3n) is 5.50. The minimum atomic E-state index is -0.642. The number of benzene rings is 1. The summed E-state index contributed by atoms with van der Waals surface area (Å²) in [5.74, 6) is 2.07. The summed E-state index contributed by atoms with van der Waals surface area (Å²) in [6, 6.07) is 3.97. The summed E-state index contributed by atoms with van der Waals surface area (Å²) in [5, 5.41) is 3.62. The van der Waals surface area contributed by atoms with Crippen LogP contribution in [0, 0.1) is 37.3 Å². The summed E-state index contributed by atoms with van der Waals surface area (Å²) in [6.45, 7) is 3.62. The zero-order valence-electron chi connectivity index (χ0n) is 15.3. The Morgan fingerprint density at radius 2 is 1.74 bits per heavy atom. The number of rotatable bonds is 5. The van der Waals surface area contributed by atoms with Gasteiger partial charge < -0.3 is 5.32 Å². The molecule has 2 aliphatic carbocycles. The Morgan fingerprint density at radius 1 is 1.04 bits per heavy atom. The number of nitrogens with one attached hydrogen (secondary N) is 1. The molecular weight excluding hydrogens is 348 g/mol. The van der Waals surface area contributed by atoms with E-state index >= 15 is 0 Å². The molecule has 2 fully saturated rings. The molecular formula is C20H21F2N5. The Labute approximate surface area is 155 Å². The lowest BCUT2D eigenvalue weighted by Gasteiger charge is -2.18. The molecule has 5 rings (SSSR count). The van der Waals surface area contributed by atoms with Crippen molar-refractivity contribution >= 4 is 17.0 Å². The molecule has 0 spiro atoms. The first-order valence-electron chi connectivity index (χ1n) is 9.47. The number of aryl methyl sites for hydroxylation is 2. The van der Waals surface area contributed by atoms with Crippen LogP contribution in [0.4, 0.5) is 14.6 Å². The van der Waals surface area contributed by atoms with Crippen LogP contribution in [-0.4, -0.2) is 25.6 Å². The zero-order chi connectivity index (χ0) is 18.7. The molecule has 0 bridgehead atoms. The van der Waals surface area contributed by atoms with Gasteiger partial charge in [-0.25, -0.2) is 23.7 Å². The minimum Gasteiger partial charge on any atom is -0.365 e. The quantitative estimate of drug-likeness (QED) is 0.728. The van der Waals surface area contributed by atoms with E-state index in [9.17, 15) is 8.78 Å². The van der Waals surface area contributed by atoms with E-state index in [0.717, 1.165) is 6.07 Å². The normalized spacial score (nSPS) is 17.1. The Balaban J connectivity index is 1.64. The summed E-state index contributed by atoms with van der Waals surface area (Å²) >= 11 is 0. The third kappa shape index (κ3) is 2.95. The lowest BCUT2D eigenvalue weighted by molar-refractivity contribution is 0.566. The first kappa shape index (κ1) is 16.6. The molecule has 7 heteroatoms. The summed E-state index contributed by atoms with van der Waals surface area (Å²) < 4.78 is 29.4. The molecule has 1 N–H and O–H groups in total. The molecule has 0 unspecified atom stereocenters. The van der Waals surface area contributed by atoms with E-state index in [0.29, 0.717) is 46.5 Å². The van der Waals surface area contributed by atoms with E-state index in [2.05, 4.69) is 20.3 Å². The molecule has 0 saturated heterocycles. The Hall–Kier alpha value is -2.57. The molecule has 2 saturated carbocycles. The molecule has 1 aromatic carbocycles. The number of nitrogens with zero attached hydrogens (tertiary/aromatic N) is 4. The van der Waals surface area contributed by atoms with Crippen LogP contribution in [-0.2, 0) is 0 Å². The molecule has 0 aliphatic heterocycles. The molecule has 27 heavy (non-hydrogen) atoms. The maximum atomic E-state index is 14.4. The lowest BCUT2D eigenvalue weighted by atomic mass is 10.1. The van der Waals surface area contributed by atoms with E-state index in [1.807, 2.05) is 6.92 Å². The standard InChI is InChI=1S/C20H21F2N5/c1-10-23-19(26-17(12-3-4-12)13-5-6-13)18-20(24-10)27(11(2)25-18)16-8-7-14(21)9-15(16)22/h7-9,12-13,17H,3-6H2,1-2H3,(H,23,24,26). The van der Waals surface area contributed by atoms with Crippen LogP contribution in [0.3, 0.4) is 0 Å². The number of hydrogen-bond acceptors (Lipinski definition) is 4. The smallest absolute Gasteiger partial charge is 0.170 e. The van der Waals surface area contributed by atoms with Gasteiger partial charge in [-0.2, -0.15) is 0 Å². The minimum absolute atomic E-state index is 0.237. The predicted octanol–water partition coefficient (Wildman–Crippen LogP) is 4.31. The summed E-state index contributed by atoms with van der Waals surface area (Å²) in [7, 11) is 0. The van der Waals surface area contributed by atoms with Gasteiger partial charge >= 0.3 is 0 Å². The van der Waals surface area contributed by atoms with Crippen LogP contribution >= 0.6 is 0 Å². The highest BCUT2D eigenvalue weighted by Gasteiger charge is 2.42. The van der Waals surface area contributed by atoms with Gasteiger partial charge in [-0.15, -0.1) is 0 Å². The Bertz CT molecular complexity index is 1020. The van der Waals surface area contributed by atoms with Crippen molar-refractivity contribution in [2.45, 2.75) is 45.6 Å². The fourth-order valence-electron chi connectivity index (χ4n) is 3.92. The second kappa shape index (κ2) is 5.97. The van der Waals surface area contributed by atoms with Gasteiger partial charge in [-0.1, -0.05) is 0 Å². The number of hydrogen-bond donors (Lipinski definition) is 1. The second-order valence-electron chi connectivity index (χ2n) is 7.73. The molecule has 0 radical (unpaired) electrons. The van der Waals surface area contributed by atoms with Gasteiger partial charge in [-0.05, 0) is 63.5 Å². The van der Waals surface area contributed by atoms with Crippen LogP contribution in [0.2, 0.25) is 0 Å². The first-order valence-corrected chi connectivity index (χ1v) is 9.47. The fraction of sp³-hybridized carbons (Fsp3) is 0.450. The molecule has 2 aliphatic rings. The van der Waals surface area contributed by atoms with Gasteiger partial charge in [0.2, 0.25) is 0 Å². The predicted molar refractivity (Wildman–Crippen MR) is 98.9 cm³/mol. The fourth-order valence-corrected chi connectivity index (χ4v) is 3.92. The highest BCUT2D eigenvalue weighted by Crippen LogP contribution is 2.46. The van der Waals surface area contributed by atoms with Crippen LogP contribution in [0.25, 0.3) is 16.9 Å². The van der Waals surface area contributed by atoms with E-state index in [4.69, 9.17) is 0 Å². The monoisotopic (exact) mass is 369 g/mol. The first-order chi connectivity index (χ1) is 13.0. The molecule has 2 aromatic heterocycles. The van der Waals surface area contributed by atoms with E-state index in [1.54, 1.807) is 11.5 Å². The van der Waals surface area contributed by atoms with Crippen molar-refractivity contribution in [1.82, 2.24) is 19.5 Å². The SMILES string of the molecule is Cc1nc(NC(C2CC2)C2CC2)c2nc(C)n(-c3ccc(F)cc3F)c2n1. The van der Waals surface area contributed by atoms with Crippen LogP contribution in [0.1, 0.15) is 37.3 Å². The van der Waals surface area contributed by atoms with Crippen molar-refractivity contribution in [2.75, 3.05) is 5.32 Å². The van der Waals surface area contributed by atoms with Crippen LogP contribution < -0.4 is 5.32 Å². The Kier molecular flexibility index (Phi) is 3.67. The van der Waals surface area contributed by atoms with E-state index in [-0.39, 0.29) is 5.69 Å². The van der Waals surface area contributed by atoms with Gasteiger partial charge in [0.15, 0.2) is 17.0 Å². The van der Waals surface area contributed by atoms with Crippen molar-refractivity contribution < 1.29 is 8.78 Å². The van der Waals surface area contributed by atoms with Crippen molar-refractivity contribution in [3.63, 3.8) is 0 Å². The molecule has 2 heterocycles. The molecule has 0 amide bonds. The van der Waals surface area contributed by atoms with Crippen molar-refractivity contribution in [2.24, 2.45) is 11.8 Å². The van der Waals surface area contributed by atoms with Gasteiger partial charge in [0.1, 0.15) is 23.3 Å². The van der Waals surface area contributed by atoms with Gasteiger partial charge in [0, 0.05) is 12.1 Å². The number of halogens is 2. The van der Waals surface area contributed by atoms with Crippen molar-refractivity contribution in [3.8, 4) is 5.69 Å². The largest absolute Gasteiger partial charge is 0.365 e.